The molecule has 2 rings (SSSR count). The summed E-state index contributed by atoms with van der Waals surface area (Å²) >= 11 is 0. The summed E-state index contributed by atoms with van der Waals surface area (Å²) in [6.45, 7) is 2.01. The number of hydrogen-bond acceptors (Lipinski definition) is 3. The Hall–Kier alpha value is -2.23. The van der Waals surface area contributed by atoms with Gasteiger partial charge in [0.2, 0.25) is 0 Å². The molecule has 0 radical (unpaired) electrons. The van der Waals surface area contributed by atoms with E-state index in [2.05, 4.69) is 5.32 Å². The van der Waals surface area contributed by atoms with Crippen LogP contribution in [0.15, 0.2) is 36.4 Å². The predicted molar refractivity (Wildman–Crippen MR) is 66.3 cm³/mol. The van der Waals surface area contributed by atoms with Crippen molar-refractivity contribution in [3.05, 3.63) is 36.4 Å². The monoisotopic (exact) mass is 231 g/mol. The van der Waals surface area contributed by atoms with Crippen LogP contribution in [-0.2, 0) is 4.74 Å². The highest BCUT2D eigenvalue weighted by atomic mass is 16.5. The first-order valence-electron chi connectivity index (χ1n) is 5.37. The standard InChI is InChI=1S/C13H13NO3/c1-2-17-13(16)14-11-8-7-9-5-3-4-6-10(9)12(11)15/h3-8,15H,2H2,1H3,(H,14,16). The molecule has 0 aliphatic carbocycles. The second-order valence-electron chi connectivity index (χ2n) is 3.53. The minimum absolute atomic E-state index is 0.0520. The SMILES string of the molecule is CCOC(=O)Nc1ccc2ccccc2c1O. The molecule has 0 heterocycles. The first-order chi connectivity index (χ1) is 8.22. The van der Waals surface area contributed by atoms with Crippen molar-refractivity contribution in [2.75, 3.05) is 11.9 Å². The maximum absolute atomic E-state index is 11.3. The molecule has 0 atom stereocenters. The van der Waals surface area contributed by atoms with Crippen LogP contribution in [0.1, 0.15) is 6.92 Å². The first kappa shape index (κ1) is 11.3. The van der Waals surface area contributed by atoms with E-state index in [1.165, 1.54) is 0 Å². The Bertz CT molecular complexity index is 551. The van der Waals surface area contributed by atoms with Gasteiger partial charge in [0.05, 0.1) is 12.3 Å². The predicted octanol–water partition coefficient (Wildman–Crippen LogP) is 3.11. The third kappa shape index (κ3) is 2.30. The van der Waals surface area contributed by atoms with Gasteiger partial charge in [-0.3, -0.25) is 5.32 Å². The molecule has 0 saturated heterocycles. The van der Waals surface area contributed by atoms with Crippen molar-refractivity contribution < 1.29 is 14.6 Å². The fraction of sp³-hybridized carbons (Fsp3) is 0.154. The van der Waals surface area contributed by atoms with Crippen molar-refractivity contribution in [3.8, 4) is 5.75 Å². The molecule has 2 aromatic carbocycles. The van der Waals surface area contributed by atoms with Gasteiger partial charge in [0.25, 0.3) is 0 Å². The number of phenols is 1. The van der Waals surface area contributed by atoms with E-state index in [1.807, 2.05) is 24.3 Å². The summed E-state index contributed by atoms with van der Waals surface area (Å²) in [6, 6.07) is 10.9. The Kier molecular flexibility index (Phi) is 3.14. The van der Waals surface area contributed by atoms with E-state index in [1.54, 1.807) is 19.1 Å². The maximum Gasteiger partial charge on any atom is 0.411 e. The van der Waals surface area contributed by atoms with Gasteiger partial charge in [-0.2, -0.15) is 0 Å². The van der Waals surface area contributed by atoms with Gasteiger partial charge in [0.1, 0.15) is 5.75 Å². The molecule has 2 N–H and O–H groups in total. The molecule has 0 aliphatic rings. The molecule has 0 aliphatic heterocycles. The van der Waals surface area contributed by atoms with Gasteiger partial charge in [0.15, 0.2) is 0 Å². The van der Waals surface area contributed by atoms with Crippen LogP contribution in [-0.4, -0.2) is 17.8 Å². The van der Waals surface area contributed by atoms with Crippen LogP contribution in [0.2, 0.25) is 0 Å². The molecule has 0 unspecified atom stereocenters. The zero-order valence-electron chi connectivity index (χ0n) is 9.43. The topological polar surface area (TPSA) is 58.6 Å². The molecular weight excluding hydrogens is 218 g/mol. The van der Waals surface area contributed by atoms with Crippen LogP contribution < -0.4 is 5.32 Å². The number of ether oxygens (including phenoxy) is 1. The van der Waals surface area contributed by atoms with Gasteiger partial charge in [-0.25, -0.2) is 4.79 Å². The van der Waals surface area contributed by atoms with Gasteiger partial charge in [-0.15, -0.1) is 0 Å². The number of carbonyl (C=O) groups excluding carboxylic acids is 1. The summed E-state index contributed by atoms with van der Waals surface area (Å²) in [7, 11) is 0. The number of carbonyl (C=O) groups is 1. The minimum Gasteiger partial charge on any atom is -0.505 e. The van der Waals surface area contributed by atoms with Crippen LogP contribution in [0.5, 0.6) is 5.75 Å². The Morgan fingerprint density at radius 1 is 1.29 bits per heavy atom. The molecule has 0 saturated carbocycles. The number of aromatic hydroxyl groups is 1. The second kappa shape index (κ2) is 4.74. The zero-order chi connectivity index (χ0) is 12.3. The zero-order valence-corrected chi connectivity index (χ0v) is 9.43. The van der Waals surface area contributed by atoms with E-state index in [-0.39, 0.29) is 5.75 Å². The highest BCUT2D eigenvalue weighted by Crippen LogP contribution is 2.32. The molecule has 2 aromatic rings. The number of phenolic OH excluding ortho intramolecular Hbond substituents is 1. The van der Waals surface area contributed by atoms with Gasteiger partial charge in [0, 0.05) is 5.39 Å². The summed E-state index contributed by atoms with van der Waals surface area (Å²) in [5.41, 5.74) is 0.349. The summed E-state index contributed by atoms with van der Waals surface area (Å²) in [5.74, 6) is 0.0520. The van der Waals surface area contributed by atoms with E-state index in [4.69, 9.17) is 4.74 Å². The summed E-state index contributed by atoms with van der Waals surface area (Å²) in [4.78, 5) is 11.3. The fourth-order valence-electron chi connectivity index (χ4n) is 1.63. The van der Waals surface area contributed by atoms with Crippen LogP contribution in [0, 0.1) is 0 Å². The van der Waals surface area contributed by atoms with Crippen LogP contribution in [0.25, 0.3) is 10.8 Å². The molecule has 17 heavy (non-hydrogen) atoms. The van der Waals surface area contributed by atoms with E-state index < -0.39 is 6.09 Å². The van der Waals surface area contributed by atoms with Crippen molar-refractivity contribution in [2.45, 2.75) is 6.92 Å². The maximum atomic E-state index is 11.3. The number of nitrogens with one attached hydrogen (secondary N) is 1. The van der Waals surface area contributed by atoms with Crippen molar-refractivity contribution in [3.63, 3.8) is 0 Å². The number of rotatable bonds is 2. The van der Waals surface area contributed by atoms with E-state index >= 15 is 0 Å². The molecule has 1 amide bonds. The van der Waals surface area contributed by atoms with E-state index in [0.29, 0.717) is 17.7 Å². The van der Waals surface area contributed by atoms with Crippen molar-refractivity contribution >= 4 is 22.6 Å². The second-order valence-corrected chi connectivity index (χ2v) is 3.53. The minimum atomic E-state index is -0.571. The Morgan fingerprint density at radius 3 is 2.82 bits per heavy atom. The van der Waals surface area contributed by atoms with Crippen LogP contribution in [0.4, 0.5) is 10.5 Å². The van der Waals surface area contributed by atoms with Crippen molar-refractivity contribution in [2.24, 2.45) is 0 Å². The number of fused-ring (bicyclic) bond motifs is 1. The summed E-state index contributed by atoms with van der Waals surface area (Å²) in [5, 5.41) is 14.1. The van der Waals surface area contributed by atoms with Crippen LogP contribution >= 0.6 is 0 Å². The average molecular weight is 231 g/mol. The largest absolute Gasteiger partial charge is 0.505 e. The van der Waals surface area contributed by atoms with Gasteiger partial charge < -0.3 is 9.84 Å². The summed E-state index contributed by atoms with van der Waals surface area (Å²) < 4.78 is 4.75. The molecule has 0 aromatic heterocycles. The van der Waals surface area contributed by atoms with E-state index in [9.17, 15) is 9.90 Å². The smallest absolute Gasteiger partial charge is 0.411 e. The lowest BCUT2D eigenvalue weighted by atomic mass is 10.1. The van der Waals surface area contributed by atoms with Gasteiger partial charge >= 0.3 is 6.09 Å². The number of hydrogen-bond donors (Lipinski definition) is 2. The first-order valence-corrected chi connectivity index (χ1v) is 5.37. The van der Waals surface area contributed by atoms with Crippen molar-refractivity contribution in [1.29, 1.82) is 0 Å². The Labute approximate surface area is 98.8 Å². The molecule has 88 valence electrons. The number of anilines is 1. The molecule has 0 spiro atoms. The van der Waals surface area contributed by atoms with E-state index in [0.717, 1.165) is 5.39 Å². The third-order valence-corrected chi connectivity index (χ3v) is 2.41. The molecule has 4 heteroatoms. The summed E-state index contributed by atoms with van der Waals surface area (Å²) in [6.07, 6.45) is -0.571. The number of benzene rings is 2. The third-order valence-electron chi connectivity index (χ3n) is 2.41. The molecule has 0 fully saturated rings. The molecule has 0 bridgehead atoms. The Morgan fingerprint density at radius 2 is 2.06 bits per heavy atom. The van der Waals surface area contributed by atoms with Gasteiger partial charge in [-0.1, -0.05) is 30.3 Å². The lowest BCUT2D eigenvalue weighted by Gasteiger charge is -2.09. The Balaban J connectivity index is 2.36. The average Bonchev–Trinajstić information content (AvgIpc) is 2.33. The van der Waals surface area contributed by atoms with Gasteiger partial charge in [-0.05, 0) is 18.4 Å². The quantitative estimate of drug-likeness (QED) is 0.781. The number of amides is 1. The lowest BCUT2D eigenvalue weighted by Crippen LogP contribution is -2.13. The molecular formula is C13H13NO3. The lowest BCUT2D eigenvalue weighted by molar-refractivity contribution is 0.168. The highest BCUT2D eigenvalue weighted by Gasteiger charge is 2.09. The van der Waals surface area contributed by atoms with Crippen LogP contribution in [0.3, 0.4) is 0 Å². The fourth-order valence-corrected chi connectivity index (χ4v) is 1.63. The highest BCUT2D eigenvalue weighted by molar-refractivity contribution is 5.97. The molecule has 4 nitrogen and oxygen atoms in total. The normalized spacial score (nSPS) is 10.2. The van der Waals surface area contributed by atoms with Crippen molar-refractivity contribution in [1.82, 2.24) is 0 Å².